The number of hydrogen-bond donors (Lipinski definition) is 1. The number of rotatable bonds is 4. The van der Waals surface area contributed by atoms with Crippen LogP contribution in [-0.4, -0.2) is 23.4 Å². The minimum absolute atomic E-state index is 0.0842. The van der Waals surface area contributed by atoms with Gasteiger partial charge in [-0.2, -0.15) is 0 Å². The van der Waals surface area contributed by atoms with E-state index in [2.05, 4.69) is 5.32 Å². The van der Waals surface area contributed by atoms with Crippen molar-refractivity contribution < 1.29 is 14.3 Å². The molecule has 1 amide bonds. The van der Waals surface area contributed by atoms with Crippen molar-refractivity contribution in [3.05, 3.63) is 86.8 Å². The largest absolute Gasteiger partial charge is 0.497 e. The highest BCUT2D eigenvalue weighted by Gasteiger charge is 2.35. The van der Waals surface area contributed by atoms with Crippen LogP contribution in [0.2, 0.25) is 5.02 Å². The smallest absolute Gasteiger partial charge is 0.268 e. The van der Waals surface area contributed by atoms with Gasteiger partial charge in [-0.3, -0.25) is 19.0 Å². The van der Waals surface area contributed by atoms with Crippen molar-refractivity contribution in [2.75, 3.05) is 12.4 Å². The third kappa shape index (κ3) is 4.18. The van der Waals surface area contributed by atoms with Crippen molar-refractivity contribution in [3.8, 4) is 11.4 Å². The lowest BCUT2D eigenvalue weighted by molar-refractivity contribution is 0.0909. The number of benzene rings is 2. The monoisotopic (exact) mass is 450 g/mol. The average molecular weight is 451 g/mol. The first-order chi connectivity index (χ1) is 15.2. The van der Waals surface area contributed by atoms with Crippen LogP contribution in [0.3, 0.4) is 0 Å². The van der Waals surface area contributed by atoms with Crippen LogP contribution in [-0.2, 0) is 6.42 Å². The first-order valence-corrected chi connectivity index (χ1v) is 10.6. The van der Waals surface area contributed by atoms with E-state index in [0.717, 1.165) is 0 Å². The van der Waals surface area contributed by atoms with Crippen LogP contribution in [0.15, 0.2) is 59.4 Å². The van der Waals surface area contributed by atoms with Crippen LogP contribution in [0.5, 0.6) is 5.75 Å². The molecule has 7 heteroatoms. The van der Waals surface area contributed by atoms with Gasteiger partial charge in [0.25, 0.3) is 11.5 Å². The molecule has 1 aliphatic rings. The molecular weight excluding hydrogens is 428 g/mol. The molecule has 1 aromatic heterocycles. The number of nitrogens with zero attached hydrogens (tertiary/aromatic N) is 1. The molecule has 0 saturated carbocycles. The van der Waals surface area contributed by atoms with Gasteiger partial charge in [0.05, 0.1) is 7.11 Å². The zero-order chi connectivity index (χ0) is 23.0. The number of methoxy groups -OCH3 is 1. The van der Waals surface area contributed by atoms with E-state index in [1.807, 2.05) is 13.8 Å². The number of carbonyl (C=O) groups is 2. The first-order valence-electron chi connectivity index (χ1n) is 10.2. The van der Waals surface area contributed by atoms with Gasteiger partial charge in [-0.1, -0.05) is 25.4 Å². The van der Waals surface area contributed by atoms with Crippen LogP contribution in [0.25, 0.3) is 5.69 Å². The maximum atomic E-state index is 13.5. The molecule has 164 valence electrons. The quantitative estimate of drug-likeness (QED) is 0.612. The molecule has 6 nitrogen and oxygen atoms in total. The summed E-state index contributed by atoms with van der Waals surface area (Å²) < 4.78 is 6.70. The maximum Gasteiger partial charge on any atom is 0.268 e. The maximum absolute atomic E-state index is 13.5. The molecule has 1 heterocycles. The number of ether oxygens (including phenoxy) is 1. The van der Waals surface area contributed by atoms with Crippen LogP contribution in [0, 0.1) is 5.41 Å². The number of carbonyl (C=O) groups excluding carboxylic acids is 2. The fraction of sp³-hybridized carbons (Fsp3) is 0.240. The average Bonchev–Trinajstić information content (AvgIpc) is 2.74. The Morgan fingerprint density at radius 3 is 2.31 bits per heavy atom. The lowest BCUT2D eigenvalue weighted by atomic mass is 9.75. The number of amides is 1. The normalized spacial score (nSPS) is 14.6. The fourth-order valence-corrected chi connectivity index (χ4v) is 4.14. The molecule has 0 bridgehead atoms. The lowest BCUT2D eigenvalue weighted by Gasteiger charge is -2.32. The number of pyridine rings is 1. The number of fused-ring (bicyclic) bond motifs is 1. The van der Waals surface area contributed by atoms with Gasteiger partial charge in [-0.05, 0) is 66.4 Å². The summed E-state index contributed by atoms with van der Waals surface area (Å²) in [5, 5.41) is 3.25. The predicted molar refractivity (Wildman–Crippen MR) is 124 cm³/mol. The van der Waals surface area contributed by atoms with Crippen molar-refractivity contribution in [3.63, 3.8) is 0 Å². The molecule has 0 fully saturated rings. The molecule has 32 heavy (non-hydrogen) atoms. The van der Waals surface area contributed by atoms with E-state index < -0.39 is 11.5 Å². The second-order valence-electron chi connectivity index (χ2n) is 8.66. The summed E-state index contributed by atoms with van der Waals surface area (Å²) in [4.78, 5) is 39.6. The summed E-state index contributed by atoms with van der Waals surface area (Å²) >= 11 is 5.91. The lowest BCUT2D eigenvalue weighted by Crippen LogP contribution is -2.37. The second-order valence-corrected chi connectivity index (χ2v) is 9.10. The van der Waals surface area contributed by atoms with Gasteiger partial charge < -0.3 is 10.1 Å². The summed E-state index contributed by atoms with van der Waals surface area (Å²) in [6, 6.07) is 15.0. The van der Waals surface area contributed by atoms with Gasteiger partial charge >= 0.3 is 0 Å². The molecule has 3 aromatic rings. The summed E-state index contributed by atoms with van der Waals surface area (Å²) in [5.41, 5.74) is 1.22. The van der Waals surface area contributed by atoms with Crippen molar-refractivity contribution in [1.29, 1.82) is 0 Å². The minimum Gasteiger partial charge on any atom is -0.497 e. The molecule has 0 radical (unpaired) electrons. The van der Waals surface area contributed by atoms with Crippen LogP contribution in [0.1, 0.15) is 46.7 Å². The van der Waals surface area contributed by atoms with E-state index in [-0.39, 0.29) is 16.8 Å². The molecule has 0 atom stereocenters. The van der Waals surface area contributed by atoms with Gasteiger partial charge in [-0.15, -0.1) is 0 Å². The zero-order valence-electron chi connectivity index (χ0n) is 18.1. The third-order valence-electron chi connectivity index (χ3n) is 5.57. The van der Waals surface area contributed by atoms with Crippen LogP contribution < -0.4 is 15.6 Å². The number of halogens is 1. The summed E-state index contributed by atoms with van der Waals surface area (Å²) in [7, 11) is 1.56. The highest BCUT2D eigenvalue weighted by Crippen LogP contribution is 2.35. The Bertz CT molecular complexity index is 1260. The van der Waals surface area contributed by atoms with Gasteiger partial charge in [0, 0.05) is 34.1 Å². The molecule has 0 saturated heterocycles. The van der Waals surface area contributed by atoms with Gasteiger partial charge in [0.2, 0.25) is 0 Å². The highest BCUT2D eigenvalue weighted by atomic mass is 35.5. The van der Waals surface area contributed by atoms with Gasteiger partial charge in [0.15, 0.2) is 5.78 Å². The van der Waals surface area contributed by atoms with E-state index in [4.69, 9.17) is 16.3 Å². The summed E-state index contributed by atoms with van der Waals surface area (Å²) in [6.07, 6.45) is 0.882. The van der Waals surface area contributed by atoms with Crippen molar-refractivity contribution in [2.45, 2.75) is 26.7 Å². The molecule has 0 aliphatic heterocycles. The van der Waals surface area contributed by atoms with Crippen molar-refractivity contribution in [1.82, 2.24) is 4.57 Å². The van der Waals surface area contributed by atoms with E-state index in [1.165, 1.54) is 10.6 Å². The Morgan fingerprint density at radius 1 is 1.03 bits per heavy atom. The molecule has 1 N–H and O–H groups in total. The molecule has 2 aromatic carbocycles. The third-order valence-corrected chi connectivity index (χ3v) is 5.82. The minimum atomic E-state index is -0.583. The standard InChI is InChI=1S/C25H23ClN2O4/c1-25(2)13-21-19(22(29)14-25)12-20(23(30)27-16-6-4-15(26)5-7-16)24(31)28(21)17-8-10-18(32-3)11-9-17/h4-12H,13-14H2,1-3H3,(H,27,30). The molecule has 0 spiro atoms. The Labute approximate surface area is 190 Å². The summed E-state index contributed by atoms with van der Waals surface area (Å²) in [6.45, 7) is 4.00. The Hall–Kier alpha value is -3.38. The van der Waals surface area contributed by atoms with Gasteiger partial charge in [0.1, 0.15) is 11.3 Å². The molecule has 4 rings (SSSR count). The Kier molecular flexibility index (Phi) is 5.65. The molecular formula is C25H23ClN2O4. The topological polar surface area (TPSA) is 77.4 Å². The Morgan fingerprint density at radius 2 is 1.69 bits per heavy atom. The number of hydrogen-bond acceptors (Lipinski definition) is 4. The van der Waals surface area contributed by atoms with E-state index in [0.29, 0.717) is 46.2 Å². The van der Waals surface area contributed by atoms with E-state index >= 15 is 0 Å². The number of aromatic nitrogens is 1. The number of nitrogens with one attached hydrogen (secondary N) is 1. The first kappa shape index (κ1) is 21.8. The fourth-order valence-electron chi connectivity index (χ4n) is 4.01. The number of anilines is 1. The zero-order valence-corrected chi connectivity index (χ0v) is 18.8. The molecule has 0 unspecified atom stereocenters. The molecule has 1 aliphatic carbocycles. The predicted octanol–water partition coefficient (Wildman–Crippen LogP) is 4.91. The van der Waals surface area contributed by atoms with Crippen molar-refractivity contribution >= 4 is 29.0 Å². The number of Topliss-reactive ketones (excluding diaryl/α,β-unsaturated/α-hetero) is 1. The second kappa shape index (κ2) is 8.28. The van der Waals surface area contributed by atoms with Crippen LogP contribution >= 0.6 is 11.6 Å². The summed E-state index contributed by atoms with van der Waals surface area (Å²) in [5.74, 6) is -0.0252. The SMILES string of the molecule is COc1ccc(-n2c3c(cc(C(=O)Nc4ccc(Cl)cc4)c2=O)C(=O)CC(C)(C)C3)cc1. The van der Waals surface area contributed by atoms with E-state index in [1.54, 1.807) is 55.6 Å². The van der Waals surface area contributed by atoms with Crippen molar-refractivity contribution in [2.24, 2.45) is 5.41 Å². The van der Waals surface area contributed by atoms with Gasteiger partial charge in [-0.25, -0.2) is 0 Å². The van der Waals surface area contributed by atoms with Crippen LogP contribution in [0.4, 0.5) is 5.69 Å². The van der Waals surface area contributed by atoms with E-state index in [9.17, 15) is 14.4 Å². The Balaban J connectivity index is 1.87. The highest BCUT2D eigenvalue weighted by molar-refractivity contribution is 6.30. The number of ketones is 1.